The standard InChI is InChI=1S/C19H33N3O3/c1-13-9-7-8-10-19(13)15(24)22(16(25)21-19)11-14(23)20-18(5,6)12-17(2,3)4/h13H,7-12H2,1-6H3,(H,20,23)(H,21,25)/t13-,19-/m1/s1. The molecule has 2 fully saturated rings. The van der Waals surface area contributed by atoms with E-state index in [-0.39, 0.29) is 29.7 Å². The SMILES string of the molecule is C[C@@H]1CCCC[C@@]12NC(=O)N(CC(=O)NC(C)(C)CC(C)(C)C)C2=O. The maximum absolute atomic E-state index is 12.9. The van der Waals surface area contributed by atoms with Gasteiger partial charge in [0.25, 0.3) is 5.91 Å². The van der Waals surface area contributed by atoms with Gasteiger partial charge in [-0.05, 0) is 44.4 Å². The number of rotatable bonds is 4. The minimum absolute atomic E-state index is 0.0687. The summed E-state index contributed by atoms with van der Waals surface area (Å²) in [6, 6.07) is -0.442. The van der Waals surface area contributed by atoms with E-state index in [2.05, 4.69) is 31.4 Å². The molecule has 2 N–H and O–H groups in total. The van der Waals surface area contributed by atoms with Crippen LogP contribution >= 0.6 is 0 Å². The second kappa shape index (κ2) is 6.61. The molecule has 0 radical (unpaired) electrons. The second-order valence-corrected chi connectivity index (χ2v) is 9.61. The normalized spacial score (nSPS) is 27.6. The molecule has 1 saturated heterocycles. The molecule has 1 saturated carbocycles. The number of nitrogens with zero attached hydrogens (tertiary/aromatic N) is 1. The van der Waals surface area contributed by atoms with Crippen LogP contribution in [-0.2, 0) is 9.59 Å². The van der Waals surface area contributed by atoms with Crippen molar-refractivity contribution in [3.63, 3.8) is 0 Å². The topological polar surface area (TPSA) is 78.5 Å². The molecule has 0 bridgehead atoms. The van der Waals surface area contributed by atoms with Crippen molar-refractivity contribution < 1.29 is 14.4 Å². The van der Waals surface area contributed by atoms with Gasteiger partial charge < -0.3 is 10.6 Å². The van der Waals surface area contributed by atoms with Gasteiger partial charge in [-0.25, -0.2) is 4.79 Å². The van der Waals surface area contributed by atoms with Crippen molar-refractivity contribution in [3.05, 3.63) is 0 Å². The zero-order valence-corrected chi connectivity index (χ0v) is 16.5. The highest BCUT2D eigenvalue weighted by molar-refractivity contribution is 6.09. The molecule has 6 heteroatoms. The van der Waals surface area contributed by atoms with Crippen LogP contribution in [0.4, 0.5) is 4.79 Å². The van der Waals surface area contributed by atoms with Crippen molar-refractivity contribution >= 4 is 17.8 Å². The van der Waals surface area contributed by atoms with Crippen molar-refractivity contribution in [3.8, 4) is 0 Å². The number of carbonyl (C=O) groups excluding carboxylic acids is 3. The van der Waals surface area contributed by atoms with E-state index in [0.717, 1.165) is 30.6 Å². The Kier molecular flexibility index (Phi) is 5.22. The minimum atomic E-state index is -0.809. The summed E-state index contributed by atoms with van der Waals surface area (Å²) in [4.78, 5) is 38.8. The van der Waals surface area contributed by atoms with Gasteiger partial charge >= 0.3 is 6.03 Å². The Hall–Kier alpha value is -1.59. The third-order valence-electron chi connectivity index (χ3n) is 5.25. The summed E-state index contributed by atoms with van der Waals surface area (Å²) in [7, 11) is 0. The van der Waals surface area contributed by atoms with Crippen molar-refractivity contribution in [2.75, 3.05) is 6.54 Å². The lowest BCUT2D eigenvalue weighted by molar-refractivity contribution is -0.137. The van der Waals surface area contributed by atoms with Crippen LogP contribution in [0.5, 0.6) is 0 Å². The molecular weight excluding hydrogens is 318 g/mol. The fraction of sp³-hybridized carbons (Fsp3) is 0.842. The Labute approximate surface area is 151 Å². The summed E-state index contributed by atoms with van der Waals surface area (Å²) in [6.45, 7) is 12.1. The molecule has 1 aliphatic heterocycles. The van der Waals surface area contributed by atoms with E-state index >= 15 is 0 Å². The molecule has 25 heavy (non-hydrogen) atoms. The first-order chi connectivity index (χ1) is 11.4. The molecule has 6 nitrogen and oxygen atoms in total. The van der Waals surface area contributed by atoms with E-state index in [0.29, 0.717) is 6.42 Å². The van der Waals surface area contributed by atoms with Gasteiger partial charge in [-0.3, -0.25) is 14.5 Å². The number of urea groups is 1. The largest absolute Gasteiger partial charge is 0.350 e. The second-order valence-electron chi connectivity index (χ2n) is 9.61. The Morgan fingerprint density at radius 1 is 1.24 bits per heavy atom. The van der Waals surface area contributed by atoms with Crippen LogP contribution in [0.1, 0.15) is 73.6 Å². The van der Waals surface area contributed by atoms with Crippen LogP contribution in [0.3, 0.4) is 0 Å². The fourth-order valence-corrected chi connectivity index (χ4v) is 4.57. The number of carbonyl (C=O) groups is 3. The lowest BCUT2D eigenvalue weighted by atomic mass is 9.73. The lowest BCUT2D eigenvalue weighted by Crippen LogP contribution is -2.54. The number of nitrogens with one attached hydrogen (secondary N) is 2. The number of hydrogen-bond acceptors (Lipinski definition) is 3. The van der Waals surface area contributed by atoms with Gasteiger partial charge in [-0.1, -0.05) is 40.5 Å². The summed E-state index contributed by atoms with van der Waals surface area (Å²) in [5.41, 5.74) is -1.14. The molecule has 0 aromatic carbocycles. The van der Waals surface area contributed by atoms with E-state index in [1.54, 1.807) is 0 Å². The first-order valence-corrected chi connectivity index (χ1v) is 9.31. The Morgan fingerprint density at radius 2 is 1.88 bits per heavy atom. The fourth-order valence-electron chi connectivity index (χ4n) is 4.57. The van der Waals surface area contributed by atoms with E-state index < -0.39 is 17.1 Å². The Bertz CT molecular complexity index is 565. The highest BCUT2D eigenvalue weighted by Gasteiger charge is 2.55. The summed E-state index contributed by atoms with van der Waals surface area (Å²) in [5, 5.41) is 5.85. The molecule has 1 spiro atoms. The third-order valence-corrected chi connectivity index (χ3v) is 5.25. The molecule has 0 unspecified atom stereocenters. The van der Waals surface area contributed by atoms with Crippen LogP contribution in [-0.4, -0.2) is 40.4 Å². The summed E-state index contributed by atoms with van der Waals surface area (Å²) < 4.78 is 0. The highest BCUT2D eigenvalue weighted by Crippen LogP contribution is 2.38. The minimum Gasteiger partial charge on any atom is -0.350 e. The molecule has 2 atom stereocenters. The quantitative estimate of drug-likeness (QED) is 0.765. The maximum Gasteiger partial charge on any atom is 0.325 e. The van der Waals surface area contributed by atoms with Crippen LogP contribution in [0.25, 0.3) is 0 Å². The Morgan fingerprint density at radius 3 is 2.44 bits per heavy atom. The predicted molar refractivity (Wildman–Crippen MR) is 96.9 cm³/mol. The monoisotopic (exact) mass is 351 g/mol. The van der Waals surface area contributed by atoms with Crippen LogP contribution in [0.2, 0.25) is 0 Å². The molecular formula is C19H33N3O3. The van der Waals surface area contributed by atoms with Gasteiger partial charge in [0.05, 0.1) is 0 Å². The maximum atomic E-state index is 12.9. The Balaban J connectivity index is 2.04. The van der Waals surface area contributed by atoms with Crippen LogP contribution in [0.15, 0.2) is 0 Å². The lowest BCUT2D eigenvalue weighted by Gasteiger charge is -2.37. The first-order valence-electron chi connectivity index (χ1n) is 9.31. The molecule has 142 valence electrons. The average Bonchev–Trinajstić information content (AvgIpc) is 2.64. The summed E-state index contributed by atoms with van der Waals surface area (Å²) in [5.74, 6) is -0.435. The zero-order chi connectivity index (χ0) is 19.0. The van der Waals surface area contributed by atoms with Gasteiger partial charge in [0, 0.05) is 5.54 Å². The van der Waals surface area contributed by atoms with Gasteiger partial charge in [0.2, 0.25) is 5.91 Å². The zero-order valence-electron chi connectivity index (χ0n) is 16.5. The smallest absolute Gasteiger partial charge is 0.325 e. The van der Waals surface area contributed by atoms with E-state index in [1.165, 1.54) is 0 Å². The third kappa shape index (κ3) is 4.33. The predicted octanol–water partition coefficient (Wildman–Crippen LogP) is 2.82. The first kappa shape index (κ1) is 19.7. The van der Waals surface area contributed by atoms with E-state index in [4.69, 9.17) is 0 Å². The van der Waals surface area contributed by atoms with Gasteiger partial charge in [0.1, 0.15) is 12.1 Å². The number of imide groups is 1. The van der Waals surface area contributed by atoms with Crippen LogP contribution in [0, 0.1) is 11.3 Å². The van der Waals surface area contributed by atoms with Crippen molar-refractivity contribution in [1.82, 2.24) is 15.5 Å². The molecule has 1 heterocycles. The molecule has 1 aliphatic carbocycles. The van der Waals surface area contributed by atoms with Gasteiger partial charge in [-0.2, -0.15) is 0 Å². The number of amides is 4. The summed E-state index contributed by atoms with van der Waals surface area (Å²) >= 11 is 0. The summed E-state index contributed by atoms with van der Waals surface area (Å²) in [6.07, 6.45) is 4.38. The molecule has 2 aliphatic rings. The highest BCUT2D eigenvalue weighted by atomic mass is 16.2. The van der Waals surface area contributed by atoms with Crippen molar-refractivity contribution in [1.29, 1.82) is 0 Å². The number of hydrogen-bond donors (Lipinski definition) is 2. The van der Waals surface area contributed by atoms with Crippen molar-refractivity contribution in [2.24, 2.45) is 11.3 Å². The van der Waals surface area contributed by atoms with Crippen molar-refractivity contribution in [2.45, 2.75) is 84.7 Å². The van der Waals surface area contributed by atoms with Gasteiger partial charge in [0.15, 0.2) is 0 Å². The molecule has 4 amide bonds. The molecule has 0 aromatic heterocycles. The van der Waals surface area contributed by atoms with Gasteiger partial charge in [-0.15, -0.1) is 0 Å². The molecule has 0 aromatic rings. The van der Waals surface area contributed by atoms with E-state index in [1.807, 2.05) is 20.8 Å². The van der Waals surface area contributed by atoms with Crippen LogP contribution < -0.4 is 10.6 Å². The molecule has 2 rings (SSSR count). The average molecular weight is 351 g/mol. The van der Waals surface area contributed by atoms with E-state index in [9.17, 15) is 14.4 Å².